The van der Waals surface area contributed by atoms with Crippen molar-refractivity contribution in [2.45, 2.75) is 403 Å². The number of ether oxygens (including phenoxy) is 6. The molecule has 0 radical (unpaired) electrons. The fourth-order valence-electron chi connectivity index (χ4n) is 21.3. The molecule has 12 aliphatic heterocycles. The molecule has 12 aliphatic rings. The number of β-lactam (4-membered cyclic amide) rings is 3. The molecule has 12 saturated heterocycles. The zero-order valence-electron chi connectivity index (χ0n) is 85.5. The molecular formula is C101H159N13O24. The molecule has 3 spiro atoms. The number of carbonyl (C=O) groups is 13. The van der Waals surface area contributed by atoms with Crippen LogP contribution in [0.15, 0.2) is 60.7 Å². The Kier molecular flexibility index (Phi) is 36.2. The Bertz CT molecular complexity index is 4580. The van der Waals surface area contributed by atoms with E-state index in [-0.39, 0.29) is 91.5 Å². The maximum Gasteiger partial charge on any atom is 0.411 e. The summed E-state index contributed by atoms with van der Waals surface area (Å²) in [6.45, 7) is 43.6. The predicted molar refractivity (Wildman–Crippen MR) is 511 cm³/mol. The van der Waals surface area contributed by atoms with Gasteiger partial charge in [-0.1, -0.05) is 60.7 Å². The summed E-state index contributed by atoms with van der Waals surface area (Å²) in [5.41, 5.74) is -6.24. The van der Waals surface area contributed by atoms with E-state index in [2.05, 4.69) is 17.6 Å². The number of aliphatic hydroxyl groups excluding tert-OH is 4. The number of rotatable bonds is 22. The van der Waals surface area contributed by atoms with E-state index in [9.17, 15) is 87.9 Å². The molecule has 2 aromatic rings. The molecule has 12 amide bonds. The lowest BCUT2D eigenvalue weighted by atomic mass is 9.83. The molecule has 37 heteroatoms. The van der Waals surface area contributed by atoms with Crippen LogP contribution in [0.1, 0.15) is 272 Å². The lowest BCUT2D eigenvalue weighted by Crippen LogP contribution is -2.77. The van der Waals surface area contributed by atoms with E-state index in [4.69, 9.17) is 28.4 Å². The van der Waals surface area contributed by atoms with Gasteiger partial charge in [0.1, 0.15) is 68.7 Å². The number of aliphatic hydroxyl groups is 4. The Balaban J connectivity index is 0.000000182. The molecule has 138 heavy (non-hydrogen) atoms. The van der Waals surface area contributed by atoms with Gasteiger partial charge in [-0.3, -0.25) is 63.3 Å². The van der Waals surface area contributed by atoms with Crippen LogP contribution in [0.4, 0.5) is 19.2 Å². The smallest absolute Gasteiger partial charge is 0.411 e. The number of hydrogen-bond acceptors (Lipinski definition) is 24. The number of carboxylic acid groups (broad SMARTS) is 1. The van der Waals surface area contributed by atoms with Crippen molar-refractivity contribution in [3.63, 3.8) is 0 Å². The second-order valence-electron chi connectivity index (χ2n) is 44.1. The highest BCUT2D eigenvalue weighted by molar-refractivity contribution is 6.02. The fourth-order valence-corrected chi connectivity index (χ4v) is 21.3. The number of amides is 12. The van der Waals surface area contributed by atoms with Gasteiger partial charge in [0.05, 0.1) is 63.9 Å². The molecule has 37 nitrogen and oxygen atoms in total. The van der Waals surface area contributed by atoms with Gasteiger partial charge >= 0.3 is 30.3 Å². The van der Waals surface area contributed by atoms with Crippen LogP contribution < -0.4 is 10.6 Å². The summed E-state index contributed by atoms with van der Waals surface area (Å²) in [4.78, 5) is 186. The van der Waals surface area contributed by atoms with Crippen molar-refractivity contribution in [2.24, 2.45) is 0 Å². The molecule has 12 fully saturated rings. The van der Waals surface area contributed by atoms with E-state index in [0.29, 0.717) is 97.1 Å². The monoisotopic (exact) mass is 1940 g/mol. The number of nitrogens with one attached hydrogen (secondary N) is 2. The molecule has 0 bridgehead atoms. The molecule has 18 atom stereocenters. The first-order valence-corrected chi connectivity index (χ1v) is 50.0. The highest BCUT2D eigenvalue weighted by Crippen LogP contribution is 2.48. The molecule has 772 valence electrons. The van der Waals surface area contributed by atoms with Gasteiger partial charge in [0.25, 0.3) is 11.8 Å². The van der Waals surface area contributed by atoms with Crippen LogP contribution in [0.3, 0.4) is 0 Å². The first-order valence-electron chi connectivity index (χ1n) is 50.0. The van der Waals surface area contributed by atoms with Gasteiger partial charge in [0, 0.05) is 89.1 Å². The highest BCUT2D eigenvalue weighted by Gasteiger charge is 2.68. The van der Waals surface area contributed by atoms with Crippen LogP contribution in [0.25, 0.3) is 0 Å². The van der Waals surface area contributed by atoms with Crippen molar-refractivity contribution < 1.29 is 116 Å². The first kappa shape index (κ1) is 110. The molecule has 0 aromatic heterocycles. The standard InChI is InChI=1S/C27H41N3O6.C27H39N3O5.C20H33N3O5.C15H25N3O3.C12H21NO5/c1-19-13-14-27(18-31,30(19)25(34)36-26(3,4)5)24(33)28-22(23(32)29-15-9-10-16-29)20(2)35-17-21-11-7-6-8-12-21;1-19-13-14-27(30(19)25(33)35-26(3,4)5)18-29(24(27)32)22(23(31)28-15-9-10-16-28)20(2)34-17-21-11-7-6-8-12-21;1-13-8-9-20(23(13)18(27)28-19(3,4)5)12-22(17(20)26)15(14(2)24)16(25)21-10-6-7-11-21;1-10-5-6-15(16-10)9-18(14(15)21)12(11(2)19)13(20)17-7-3-4-8-17;1-8-5-6-12(7-14,9(15)16)13(8)10(17)18-11(2,3)4/h6-8,11-12,19-20,22,31H,9-10,13-18H2,1-5H3,(H,28,33);6-8,11-12,19-20,22H,9-10,13-18H2,1-5H3;13-15,24H,6-12H2,1-5H3;10-12,16,19H,3-9H2,1-2H3;8,14H,5-7H2,1-4H3,(H,15,16)/t2*19?,20-,22+,27?;13?,14-,15+,20?;10?,11-,12+,15?;/m1111./s1. The average molecular weight is 1940 g/mol. The van der Waals surface area contributed by atoms with Crippen LogP contribution >= 0.6 is 0 Å². The van der Waals surface area contributed by atoms with Gasteiger partial charge < -0.3 is 93.6 Å². The molecular weight excluding hydrogens is 1780 g/mol. The van der Waals surface area contributed by atoms with E-state index in [1.807, 2.05) is 114 Å². The minimum Gasteiger partial charge on any atom is -0.479 e. The Morgan fingerprint density at radius 3 is 1.04 bits per heavy atom. The summed E-state index contributed by atoms with van der Waals surface area (Å²) >= 11 is 0. The summed E-state index contributed by atoms with van der Waals surface area (Å²) in [6, 6.07) is 15.7. The SMILES string of the molecule is CC1CCC(CO)(C(=O)N[C@H](C(=O)N2CCCC2)[C@@H](C)OCc2ccccc2)N1C(=O)OC(C)(C)C.CC1CCC(CO)(C(=O)O)N1C(=O)OC(C)(C)C.CC1CCC2(CN([C@H](C(=O)N3CCCC3)[C@@H](C)O)C2=O)N1.CC1CCC2(CN([C@H](C(=O)N3CCCC3)[C@@H](C)O)C2=O)N1C(=O)OC(C)(C)C.CC1CCC2(CN([C@H](C(=O)N3CCCC3)[C@@H](C)OCc3ccccc3)C2=O)N1C(=O)OC(C)(C)C. The number of nitrogens with zero attached hydrogens (tertiary/aromatic N) is 11. The van der Waals surface area contributed by atoms with Crippen LogP contribution in [0.2, 0.25) is 0 Å². The summed E-state index contributed by atoms with van der Waals surface area (Å²) in [6.07, 6.45) is 8.37. The third-order valence-corrected chi connectivity index (χ3v) is 28.6. The lowest BCUT2D eigenvalue weighted by Gasteiger charge is -2.54. The number of carbonyl (C=O) groups excluding carboxylic acids is 12. The van der Waals surface area contributed by atoms with Gasteiger partial charge in [-0.05, 0) is 272 Å². The van der Waals surface area contributed by atoms with Crippen molar-refractivity contribution in [3.8, 4) is 0 Å². The normalized spacial score (nSPS) is 28.0. The predicted octanol–water partition coefficient (Wildman–Crippen LogP) is 8.72. The summed E-state index contributed by atoms with van der Waals surface area (Å²) in [7, 11) is 0. The van der Waals surface area contributed by atoms with Gasteiger partial charge in [-0.15, -0.1) is 0 Å². The van der Waals surface area contributed by atoms with E-state index in [1.165, 1.54) is 9.80 Å². The molecule has 0 saturated carbocycles. The number of hydrogen-bond donors (Lipinski definition) is 7. The minimum atomic E-state index is -1.55. The third-order valence-electron chi connectivity index (χ3n) is 28.6. The van der Waals surface area contributed by atoms with E-state index < -0.39 is 148 Å². The average Bonchev–Trinajstić information content (AvgIpc) is 1.50. The highest BCUT2D eigenvalue weighted by atomic mass is 16.6. The fraction of sp³-hybridized carbons (Fsp3) is 0.752. The number of likely N-dealkylation sites (tertiary alicyclic amines) is 11. The van der Waals surface area contributed by atoms with E-state index >= 15 is 0 Å². The maximum absolute atomic E-state index is 13.8. The Morgan fingerprint density at radius 1 is 0.406 bits per heavy atom. The van der Waals surface area contributed by atoms with Crippen molar-refractivity contribution in [2.75, 3.05) is 85.2 Å². The van der Waals surface area contributed by atoms with Gasteiger partial charge in [0.2, 0.25) is 35.4 Å². The van der Waals surface area contributed by atoms with E-state index in [0.717, 1.165) is 99.7 Å². The second kappa shape index (κ2) is 45.2. The molecule has 14 rings (SSSR count). The molecule has 10 unspecified atom stereocenters. The van der Waals surface area contributed by atoms with Crippen LogP contribution in [-0.2, 0) is 84.8 Å². The maximum atomic E-state index is 13.8. The number of aliphatic carboxylic acids is 1. The van der Waals surface area contributed by atoms with Gasteiger partial charge in [-0.2, -0.15) is 0 Å². The van der Waals surface area contributed by atoms with Crippen molar-refractivity contribution in [3.05, 3.63) is 71.8 Å². The summed E-state index contributed by atoms with van der Waals surface area (Å²) in [5, 5.41) is 55.6. The topological polar surface area (TPSA) is 438 Å². The lowest BCUT2D eigenvalue weighted by molar-refractivity contribution is -0.177. The third kappa shape index (κ3) is 25.0. The van der Waals surface area contributed by atoms with Gasteiger partial charge in [-0.25, -0.2) is 24.0 Å². The van der Waals surface area contributed by atoms with Crippen LogP contribution in [-0.4, -0.2) is 371 Å². The Morgan fingerprint density at radius 2 is 0.717 bits per heavy atom. The van der Waals surface area contributed by atoms with E-state index in [1.54, 1.807) is 124 Å². The minimum absolute atomic E-state index is 0.0229. The van der Waals surface area contributed by atoms with Gasteiger partial charge in [0.15, 0.2) is 5.54 Å². The second-order valence-corrected chi connectivity index (χ2v) is 44.1. The first-order chi connectivity index (χ1) is 64.6. The zero-order chi connectivity index (χ0) is 102. The van der Waals surface area contributed by atoms with Crippen molar-refractivity contribution in [1.82, 2.24) is 64.5 Å². The quantitative estimate of drug-likeness (QED) is 0.0428. The number of benzene rings is 2. The molecule has 0 aliphatic carbocycles. The van der Waals surface area contributed by atoms with Crippen LogP contribution in [0.5, 0.6) is 0 Å². The Hall–Kier alpha value is -9.53. The zero-order valence-corrected chi connectivity index (χ0v) is 85.5. The Labute approximate surface area is 814 Å². The molecule has 7 N–H and O–H groups in total. The molecule has 12 heterocycles. The van der Waals surface area contributed by atoms with Crippen LogP contribution in [0, 0.1) is 0 Å². The largest absolute Gasteiger partial charge is 0.479 e. The van der Waals surface area contributed by atoms with Crippen molar-refractivity contribution in [1.29, 1.82) is 0 Å². The summed E-state index contributed by atoms with van der Waals surface area (Å²) in [5.74, 6) is -2.83. The summed E-state index contributed by atoms with van der Waals surface area (Å²) < 4.78 is 34.1. The number of carboxylic acids is 1. The molecule has 2 aromatic carbocycles. The van der Waals surface area contributed by atoms with Crippen molar-refractivity contribution >= 4 is 77.6 Å².